The van der Waals surface area contributed by atoms with Crippen LogP contribution in [0.15, 0.2) is 54.6 Å². The average Bonchev–Trinajstić information content (AvgIpc) is 2.50. The lowest BCUT2D eigenvalue weighted by Crippen LogP contribution is -2.07. The topological polar surface area (TPSA) is 34.2 Å². The number of para-hydroxylation sites is 1. The third kappa shape index (κ3) is 3.01. The van der Waals surface area contributed by atoms with Gasteiger partial charge in [0, 0.05) is 17.5 Å². The molecule has 0 atom stereocenters. The van der Waals surface area contributed by atoms with Crippen LogP contribution in [-0.4, -0.2) is 12.0 Å². The highest BCUT2D eigenvalue weighted by atomic mass is 19.1. The Morgan fingerprint density at radius 1 is 1.10 bits per heavy atom. The van der Waals surface area contributed by atoms with E-state index in [2.05, 4.69) is 16.4 Å². The van der Waals surface area contributed by atoms with E-state index in [-0.39, 0.29) is 5.82 Å². The van der Waals surface area contributed by atoms with Gasteiger partial charge in [-0.15, -0.1) is 0 Å². The van der Waals surface area contributed by atoms with Crippen LogP contribution in [0, 0.1) is 5.82 Å². The smallest absolute Gasteiger partial charge is 0.224 e. The Morgan fingerprint density at radius 2 is 1.86 bits per heavy atom. The van der Waals surface area contributed by atoms with Gasteiger partial charge in [-0.1, -0.05) is 18.2 Å². The first-order valence-electron chi connectivity index (χ1n) is 6.73. The van der Waals surface area contributed by atoms with Gasteiger partial charge in [0.2, 0.25) is 5.88 Å². The van der Waals surface area contributed by atoms with Crippen LogP contribution >= 0.6 is 0 Å². The summed E-state index contributed by atoms with van der Waals surface area (Å²) in [6, 6.07) is 15.9. The molecule has 0 radical (unpaired) electrons. The minimum atomic E-state index is -0.288. The van der Waals surface area contributed by atoms with Crippen LogP contribution in [0.25, 0.3) is 10.9 Å². The number of fused-ring (bicyclic) bond motifs is 1. The van der Waals surface area contributed by atoms with E-state index < -0.39 is 0 Å². The summed E-state index contributed by atoms with van der Waals surface area (Å²) in [6.07, 6.45) is 0. The maximum atomic E-state index is 13.0. The molecule has 0 aliphatic carbocycles. The zero-order chi connectivity index (χ0) is 14.7. The maximum Gasteiger partial charge on any atom is 0.224 e. The molecule has 0 saturated heterocycles. The number of nitrogens with one attached hydrogen (secondary N) is 1. The quantitative estimate of drug-likeness (QED) is 0.788. The van der Waals surface area contributed by atoms with Gasteiger partial charge in [-0.25, -0.2) is 9.37 Å². The number of hydrogen-bond acceptors (Lipinski definition) is 3. The third-order valence-electron chi connectivity index (χ3n) is 3.16. The molecule has 1 aromatic heterocycles. The summed E-state index contributed by atoms with van der Waals surface area (Å²) in [6.45, 7) is 0.647. The van der Waals surface area contributed by atoms with E-state index in [0.29, 0.717) is 18.2 Å². The van der Waals surface area contributed by atoms with Crippen LogP contribution in [0.5, 0.6) is 11.6 Å². The van der Waals surface area contributed by atoms with E-state index in [9.17, 15) is 4.39 Å². The number of benzene rings is 2. The molecule has 0 bridgehead atoms. The molecule has 1 N–H and O–H groups in total. The van der Waals surface area contributed by atoms with Gasteiger partial charge in [0.25, 0.3) is 0 Å². The molecule has 3 rings (SSSR count). The molecule has 1 heterocycles. The molecule has 0 spiro atoms. The Kier molecular flexibility index (Phi) is 3.79. The first-order valence-corrected chi connectivity index (χ1v) is 6.73. The van der Waals surface area contributed by atoms with Crippen LogP contribution in [0.4, 0.5) is 4.39 Å². The van der Waals surface area contributed by atoms with Gasteiger partial charge < -0.3 is 10.1 Å². The Morgan fingerprint density at radius 3 is 2.62 bits per heavy atom. The van der Waals surface area contributed by atoms with Crippen molar-refractivity contribution in [1.82, 2.24) is 10.3 Å². The van der Waals surface area contributed by atoms with Crippen LogP contribution in [0.2, 0.25) is 0 Å². The standard InChI is InChI=1S/C17H15FN2O/c1-19-11-13-10-12-4-2-3-5-16(12)20-17(13)21-15-8-6-14(18)7-9-15/h2-10,19H,11H2,1H3. The van der Waals surface area contributed by atoms with Crippen molar-refractivity contribution in [3.8, 4) is 11.6 Å². The second-order valence-electron chi connectivity index (χ2n) is 4.73. The Hall–Kier alpha value is -2.46. The molecular weight excluding hydrogens is 267 g/mol. The molecule has 0 unspecified atom stereocenters. The Balaban J connectivity index is 2.02. The monoisotopic (exact) mass is 282 g/mol. The first-order chi connectivity index (χ1) is 10.3. The van der Waals surface area contributed by atoms with Crippen molar-refractivity contribution in [2.45, 2.75) is 6.54 Å². The number of halogens is 1. The lowest BCUT2D eigenvalue weighted by Gasteiger charge is -2.11. The summed E-state index contributed by atoms with van der Waals surface area (Å²) in [7, 11) is 1.87. The lowest BCUT2D eigenvalue weighted by atomic mass is 10.1. The van der Waals surface area contributed by atoms with Crippen molar-refractivity contribution in [3.05, 3.63) is 66.0 Å². The Labute approximate surface area is 122 Å². The zero-order valence-electron chi connectivity index (χ0n) is 11.6. The molecule has 0 amide bonds. The molecule has 0 saturated carbocycles. The fraction of sp³-hybridized carbons (Fsp3) is 0.118. The SMILES string of the molecule is CNCc1cc2ccccc2nc1Oc1ccc(F)cc1. The zero-order valence-corrected chi connectivity index (χ0v) is 11.6. The predicted molar refractivity (Wildman–Crippen MR) is 81.0 cm³/mol. The summed E-state index contributed by atoms with van der Waals surface area (Å²) in [5.41, 5.74) is 1.83. The number of aromatic nitrogens is 1. The van der Waals surface area contributed by atoms with Gasteiger partial charge in [-0.2, -0.15) is 0 Å². The molecule has 4 heteroatoms. The summed E-state index contributed by atoms with van der Waals surface area (Å²) >= 11 is 0. The van der Waals surface area contributed by atoms with Crippen LogP contribution in [0.1, 0.15) is 5.56 Å². The summed E-state index contributed by atoms with van der Waals surface area (Å²) in [4.78, 5) is 4.56. The number of nitrogens with zero attached hydrogens (tertiary/aromatic N) is 1. The van der Waals surface area contributed by atoms with E-state index >= 15 is 0 Å². The number of hydrogen-bond donors (Lipinski definition) is 1. The second kappa shape index (κ2) is 5.89. The molecule has 3 nitrogen and oxygen atoms in total. The number of ether oxygens (including phenoxy) is 1. The van der Waals surface area contributed by atoms with Crippen molar-refractivity contribution >= 4 is 10.9 Å². The molecular formula is C17H15FN2O. The van der Waals surface area contributed by atoms with Crippen LogP contribution in [-0.2, 0) is 6.54 Å². The summed E-state index contributed by atoms with van der Waals surface area (Å²) in [5, 5.41) is 4.17. The van der Waals surface area contributed by atoms with E-state index in [1.54, 1.807) is 12.1 Å². The molecule has 0 aliphatic heterocycles. The highest BCUT2D eigenvalue weighted by molar-refractivity contribution is 5.80. The molecule has 106 valence electrons. The average molecular weight is 282 g/mol. The minimum absolute atomic E-state index is 0.288. The predicted octanol–water partition coefficient (Wildman–Crippen LogP) is 3.89. The van der Waals surface area contributed by atoms with Crippen molar-refractivity contribution in [3.63, 3.8) is 0 Å². The van der Waals surface area contributed by atoms with Gasteiger partial charge in [-0.05, 0) is 43.4 Å². The number of pyridine rings is 1. The van der Waals surface area contributed by atoms with Crippen molar-refractivity contribution in [2.75, 3.05) is 7.05 Å². The fourth-order valence-electron chi connectivity index (χ4n) is 2.16. The number of rotatable bonds is 4. The van der Waals surface area contributed by atoms with Crippen LogP contribution < -0.4 is 10.1 Å². The lowest BCUT2D eigenvalue weighted by molar-refractivity contribution is 0.455. The Bertz CT molecular complexity index is 756. The van der Waals surface area contributed by atoms with Gasteiger partial charge in [-0.3, -0.25) is 0 Å². The molecule has 0 fully saturated rings. The molecule has 3 aromatic rings. The van der Waals surface area contributed by atoms with E-state index in [1.165, 1.54) is 12.1 Å². The largest absolute Gasteiger partial charge is 0.439 e. The van der Waals surface area contributed by atoms with Crippen molar-refractivity contribution in [2.24, 2.45) is 0 Å². The van der Waals surface area contributed by atoms with Gasteiger partial charge in [0.15, 0.2) is 0 Å². The van der Waals surface area contributed by atoms with Crippen molar-refractivity contribution < 1.29 is 9.13 Å². The summed E-state index contributed by atoms with van der Waals surface area (Å²) in [5.74, 6) is 0.815. The second-order valence-corrected chi connectivity index (χ2v) is 4.73. The highest BCUT2D eigenvalue weighted by Gasteiger charge is 2.09. The summed E-state index contributed by atoms with van der Waals surface area (Å²) < 4.78 is 18.8. The molecule has 0 aliphatic rings. The first kappa shape index (κ1) is 13.5. The third-order valence-corrected chi connectivity index (χ3v) is 3.16. The van der Waals surface area contributed by atoms with Crippen molar-refractivity contribution in [1.29, 1.82) is 0 Å². The van der Waals surface area contributed by atoms with E-state index in [4.69, 9.17) is 4.74 Å². The maximum absolute atomic E-state index is 13.0. The van der Waals surface area contributed by atoms with Gasteiger partial charge in [0.05, 0.1) is 5.52 Å². The van der Waals surface area contributed by atoms with Crippen LogP contribution in [0.3, 0.4) is 0 Å². The van der Waals surface area contributed by atoms with Gasteiger partial charge >= 0.3 is 0 Å². The minimum Gasteiger partial charge on any atom is -0.439 e. The highest BCUT2D eigenvalue weighted by Crippen LogP contribution is 2.27. The van der Waals surface area contributed by atoms with E-state index in [1.807, 2.05) is 31.3 Å². The molecule has 2 aromatic carbocycles. The fourth-order valence-corrected chi connectivity index (χ4v) is 2.16. The van der Waals surface area contributed by atoms with E-state index in [0.717, 1.165) is 16.5 Å². The molecule has 21 heavy (non-hydrogen) atoms. The normalized spacial score (nSPS) is 10.8. The van der Waals surface area contributed by atoms with Gasteiger partial charge in [0.1, 0.15) is 11.6 Å².